The lowest BCUT2D eigenvalue weighted by Crippen LogP contribution is -2.40. The average molecular weight is 404 g/mol. The number of anilines is 2. The standard InChI is InChI=1S/C23H24N4O3/c1-26(15-16-6-4-5-7-21(16)29-3)17-8-10-18(11-9-17)30-23-25-22(28)19-12-13-24-14-20(19)27(23)2/h4-14,23H,15H2,1-3H3,(H,25,28). The number of pyridine rings is 1. The third-order valence-corrected chi connectivity index (χ3v) is 5.10. The number of aliphatic imine (C=N–C) groups is 1. The first-order valence-corrected chi connectivity index (χ1v) is 9.60. The molecule has 1 N–H and O–H groups in total. The number of aliphatic hydroxyl groups excluding tert-OH is 1. The second-order valence-electron chi connectivity index (χ2n) is 7.06. The van der Waals surface area contributed by atoms with Gasteiger partial charge in [0.25, 0.3) is 6.35 Å². The number of hydrogen-bond donors (Lipinski definition) is 1. The summed E-state index contributed by atoms with van der Waals surface area (Å²) in [6.45, 7) is 0.720. The summed E-state index contributed by atoms with van der Waals surface area (Å²) in [7, 11) is 5.57. The SMILES string of the molecule is COc1ccccc1CN(C)c1ccc(OC2N=C(O)c3ccncc3N2C)cc1. The Labute approximate surface area is 175 Å². The molecule has 2 heterocycles. The maximum atomic E-state index is 10.2. The van der Waals surface area contributed by atoms with E-state index in [4.69, 9.17) is 9.47 Å². The molecule has 0 aliphatic carbocycles. The van der Waals surface area contributed by atoms with Crippen LogP contribution in [0.3, 0.4) is 0 Å². The monoisotopic (exact) mass is 404 g/mol. The number of hydrogen-bond acceptors (Lipinski definition) is 6. The molecule has 30 heavy (non-hydrogen) atoms. The molecule has 0 bridgehead atoms. The van der Waals surface area contributed by atoms with E-state index in [9.17, 15) is 5.11 Å². The zero-order valence-electron chi connectivity index (χ0n) is 17.2. The predicted octanol–water partition coefficient (Wildman–Crippen LogP) is 3.84. The number of nitrogens with zero attached hydrogens (tertiary/aromatic N) is 4. The largest absolute Gasteiger partial charge is 0.496 e. The first-order valence-electron chi connectivity index (χ1n) is 9.60. The lowest BCUT2D eigenvalue weighted by Gasteiger charge is -2.31. The second-order valence-corrected chi connectivity index (χ2v) is 7.06. The molecule has 2 aromatic carbocycles. The van der Waals surface area contributed by atoms with Crippen LogP contribution in [0.15, 0.2) is 72.0 Å². The predicted molar refractivity (Wildman–Crippen MR) is 118 cm³/mol. The van der Waals surface area contributed by atoms with E-state index in [1.807, 2.05) is 61.5 Å². The lowest BCUT2D eigenvalue weighted by atomic mass is 10.2. The van der Waals surface area contributed by atoms with Gasteiger partial charge in [0.05, 0.1) is 24.6 Å². The Morgan fingerprint density at radius 3 is 2.63 bits per heavy atom. The number of benzene rings is 2. The van der Waals surface area contributed by atoms with E-state index in [0.717, 1.165) is 29.2 Å². The van der Waals surface area contributed by atoms with Crippen LogP contribution >= 0.6 is 0 Å². The average Bonchev–Trinajstić information content (AvgIpc) is 2.78. The normalized spacial score (nSPS) is 15.2. The van der Waals surface area contributed by atoms with Gasteiger partial charge >= 0.3 is 0 Å². The van der Waals surface area contributed by atoms with E-state index >= 15 is 0 Å². The number of rotatable bonds is 6. The van der Waals surface area contributed by atoms with Crippen LogP contribution in [0.2, 0.25) is 0 Å². The molecule has 3 aromatic rings. The Morgan fingerprint density at radius 2 is 1.87 bits per heavy atom. The van der Waals surface area contributed by atoms with Crippen molar-refractivity contribution in [3.63, 3.8) is 0 Å². The summed E-state index contributed by atoms with van der Waals surface area (Å²) in [5.41, 5.74) is 3.57. The minimum atomic E-state index is -0.668. The van der Waals surface area contributed by atoms with Gasteiger partial charge in [-0.15, -0.1) is 0 Å². The molecular formula is C23H24N4O3. The van der Waals surface area contributed by atoms with Crippen LogP contribution in [0.5, 0.6) is 11.5 Å². The highest BCUT2D eigenvalue weighted by Gasteiger charge is 2.26. The van der Waals surface area contributed by atoms with Crippen LogP contribution in [0, 0.1) is 0 Å². The Morgan fingerprint density at radius 1 is 1.10 bits per heavy atom. The summed E-state index contributed by atoms with van der Waals surface area (Å²) in [6, 6.07) is 17.5. The van der Waals surface area contributed by atoms with E-state index < -0.39 is 6.35 Å². The maximum Gasteiger partial charge on any atom is 0.273 e. The van der Waals surface area contributed by atoms with Crippen molar-refractivity contribution in [1.29, 1.82) is 0 Å². The molecule has 1 aromatic heterocycles. The number of ether oxygens (including phenoxy) is 2. The van der Waals surface area contributed by atoms with Crippen molar-refractivity contribution in [2.45, 2.75) is 12.9 Å². The number of methoxy groups -OCH3 is 1. The first-order chi connectivity index (χ1) is 14.6. The van der Waals surface area contributed by atoms with Gasteiger partial charge in [0.15, 0.2) is 0 Å². The molecule has 1 aliphatic rings. The van der Waals surface area contributed by atoms with Crippen LogP contribution in [0.4, 0.5) is 11.4 Å². The minimum Gasteiger partial charge on any atom is -0.496 e. The van der Waals surface area contributed by atoms with E-state index in [1.54, 1.807) is 25.6 Å². The van der Waals surface area contributed by atoms with Crippen molar-refractivity contribution in [3.05, 3.63) is 78.1 Å². The van der Waals surface area contributed by atoms with Gasteiger partial charge in [-0.3, -0.25) is 4.98 Å². The van der Waals surface area contributed by atoms with Crippen LogP contribution in [0.25, 0.3) is 0 Å². The van der Waals surface area contributed by atoms with Crippen molar-refractivity contribution >= 4 is 17.3 Å². The molecule has 7 nitrogen and oxygen atoms in total. The van der Waals surface area contributed by atoms with E-state index in [0.29, 0.717) is 11.3 Å². The molecule has 1 unspecified atom stereocenters. The highest BCUT2D eigenvalue weighted by Crippen LogP contribution is 2.28. The topological polar surface area (TPSA) is 70.4 Å². The summed E-state index contributed by atoms with van der Waals surface area (Å²) in [6.07, 6.45) is 2.64. The van der Waals surface area contributed by atoms with E-state index in [1.165, 1.54) is 0 Å². The van der Waals surface area contributed by atoms with Gasteiger partial charge in [0.2, 0.25) is 5.90 Å². The van der Waals surface area contributed by atoms with Crippen LogP contribution in [-0.4, -0.2) is 43.5 Å². The molecule has 0 amide bonds. The highest BCUT2D eigenvalue weighted by atomic mass is 16.5. The summed E-state index contributed by atoms with van der Waals surface area (Å²) in [5, 5.41) is 10.2. The van der Waals surface area contributed by atoms with E-state index in [-0.39, 0.29) is 5.90 Å². The molecule has 0 radical (unpaired) electrons. The second kappa shape index (κ2) is 8.32. The van der Waals surface area contributed by atoms with Crippen molar-refractivity contribution in [2.75, 3.05) is 31.0 Å². The summed E-state index contributed by atoms with van der Waals surface area (Å²) < 4.78 is 11.4. The van der Waals surface area contributed by atoms with Gasteiger partial charge in [0.1, 0.15) is 11.5 Å². The van der Waals surface area contributed by atoms with Crippen molar-refractivity contribution < 1.29 is 14.6 Å². The quantitative estimate of drug-likeness (QED) is 0.673. The fourth-order valence-corrected chi connectivity index (χ4v) is 3.42. The van der Waals surface area contributed by atoms with Gasteiger partial charge in [-0.2, -0.15) is 4.99 Å². The molecule has 1 atom stereocenters. The first kappa shape index (κ1) is 19.6. The van der Waals surface area contributed by atoms with Crippen molar-refractivity contribution in [1.82, 2.24) is 4.98 Å². The smallest absolute Gasteiger partial charge is 0.273 e. The van der Waals surface area contributed by atoms with Gasteiger partial charge in [-0.1, -0.05) is 18.2 Å². The number of aliphatic hydroxyl groups is 1. The third-order valence-electron chi connectivity index (χ3n) is 5.10. The summed E-state index contributed by atoms with van der Waals surface area (Å²) in [5.74, 6) is 1.48. The molecule has 0 fully saturated rings. The van der Waals surface area contributed by atoms with Crippen LogP contribution in [-0.2, 0) is 6.54 Å². The molecule has 154 valence electrons. The third kappa shape index (κ3) is 3.87. The fraction of sp³-hybridized carbons (Fsp3) is 0.217. The molecule has 1 aliphatic heterocycles. The molecule has 0 saturated carbocycles. The van der Waals surface area contributed by atoms with E-state index in [2.05, 4.69) is 20.9 Å². The van der Waals surface area contributed by atoms with Crippen LogP contribution in [0.1, 0.15) is 11.1 Å². The van der Waals surface area contributed by atoms with Gasteiger partial charge in [-0.05, 0) is 36.4 Å². The molecule has 0 spiro atoms. The Kier molecular flexibility index (Phi) is 5.43. The maximum absolute atomic E-state index is 10.2. The number of fused-ring (bicyclic) bond motifs is 1. The summed E-state index contributed by atoms with van der Waals surface area (Å²) in [4.78, 5) is 12.4. The molecule has 4 rings (SSSR count). The van der Waals surface area contributed by atoms with Crippen molar-refractivity contribution in [2.24, 2.45) is 4.99 Å². The molecule has 7 heteroatoms. The Hall–Kier alpha value is -3.74. The Balaban J connectivity index is 1.46. The zero-order valence-corrected chi connectivity index (χ0v) is 17.2. The number of aromatic nitrogens is 1. The zero-order chi connectivity index (χ0) is 21.1. The lowest BCUT2D eigenvalue weighted by molar-refractivity contribution is 0.206. The number of para-hydroxylation sites is 1. The van der Waals surface area contributed by atoms with Gasteiger partial charge < -0.3 is 24.4 Å². The van der Waals surface area contributed by atoms with Crippen molar-refractivity contribution in [3.8, 4) is 11.5 Å². The molecular weight excluding hydrogens is 380 g/mol. The molecule has 0 saturated heterocycles. The summed E-state index contributed by atoms with van der Waals surface area (Å²) >= 11 is 0. The van der Waals surface area contributed by atoms with Gasteiger partial charge in [0, 0.05) is 38.1 Å². The highest BCUT2D eigenvalue weighted by molar-refractivity contribution is 5.99. The van der Waals surface area contributed by atoms with Gasteiger partial charge in [-0.25, -0.2) is 0 Å². The van der Waals surface area contributed by atoms with Crippen LogP contribution < -0.4 is 19.3 Å². The fourth-order valence-electron chi connectivity index (χ4n) is 3.42. The minimum absolute atomic E-state index is 0.0522. The Bertz CT molecular complexity index is 1050.